The molecule has 1 amide bonds. The normalized spacial score (nSPS) is 11.4. The minimum absolute atomic E-state index is 0.114. The summed E-state index contributed by atoms with van der Waals surface area (Å²) in [6.07, 6.45) is -4.94. The van der Waals surface area contributed by atoms with E-state index in [0.29, 0.717) is 0 Å². The van der Waals surface area contributed by atoms with Crippen LogP contribution < -0.4 is 20.3 Å². The zero-order valence-electron chi connectivity index (χ0n) is 19.6. The predicted molar refractivity (Wildman–Crippen MR) is 124 cm³/mol. The van der Waals surface area contributed by atoms with Gasteiger partial charge in [-0.2, -0.15) is 0 Å². The van der Waals surface area contributed by atoms with Crippen molar-refractivity contribution in [3.63, 3.8) is 0 Å². The monoisotopic (exact) mass is 537 g/mol. The summed E-state index contributed by atoms with van der Waals surface area (Å²) >= 11 is 0. The highest BCUT2D eigenvalue weighted by Crippen LogP contribution is 2.34. The fourth-order valence-electron chi connectivity index (χ4n) is 3.77. The van der Waals surface area contributed by atoms with E-state index in [9.17, 15) is 27.2 Å². The highest BCUT2D eigenvalue weighted by molar-refractivity contribution is 6.06. The Morgan fingerprint density at radius 1 is 0.895 bits per heavy atom. The Labute approximate surface area is 210 Å². The Balaban J connectivity index is 1.84. The van der Waals surface area contributed by atoms with E-state index in [0.717, 1.165) is 57.9 Å². The first-order chi connectivity index (χ1) is 17.9. The van der Waals surface area contributed by atoms with Crippen molar-refractivity contribution in [1.82, 2.24) is 9.36 Å². The summed E-state index contributed by atoms with van der Waals surface area (Å²) in [5, 5.41) is 2.29. The Kier molecular flexibility index (Phi) is 6.94. The van der Waals surface area contributed by atoms with Crippen molar-refractivity contribution in [3.8, 4) is 28.4 Å². The van der Waals surface area contributed by atoms with Gasteiger partial charge in [-0.3, -0.25) is 14.3 Å². The molecule has 0 bridgehead atoms. The molecule has 0 fully saturated rings. The van der Waals surface area contributed by atoms with Crippen molar-refractivity contribution in [2.75, 3.05) is 12.4 Å². The van der Waals surface area contributed by atoms with Gasteiger partial charge in [0.25, 0.3) is 11.5 Å². The largest absolute Gasteiger partial charge is 0.573 e. The number of methoxy groups -OCH3 is 1. The van der Waals surface area contributed by atoms with E-state index in [-0.39, 0.29) is 22.7 Å². The molecule has 0 atom stereocenters. The van der Waals surface area contributed by atoms with E-state index in [1.165, 1.54) is 26.3 Å². The second-order valence-corrected chi connectivity index (χ2v) is 7.83. The number of ether oxygens (including phenoxy) is 2. The van der Waals surface area contributed by atoms with Gasteiger partial charge in [0.15, 0.2) is 0 Å². The summed E-state index contributed by atoms with van der Waals surface area (Å²) in [4.78, 5) is 26.3. The number of carbonyl (C=O) groups is 1. The number of rotatable bonds is 6. The minimum Gasteiger partial charge on any atom is -0.497 e. The highest BCUT2D eigenvalue weighted by Gasteiger charge is 2.31. The van der Waals surface area contributed by atoms with Gasteiger partial charge in [0.1, 0.15) is 40.3 Å². The van der Waals surface area contributed by atoms with Crippen LogP contribution in [-0.4, -0.2) is 28.7 Å². The number of anilines is 1. The van der Waals surface area contributed by atoms with Crippen LogP contribution in [0.2, 0.25) is 0 Å². The van der Waals surface area contributed by atoms with Crippen molar-refractivity contribution in [2.24, 2.45) is 7.05 Å². The van der Waals surface area contributed by atoms with Gasteiger partial charge in [0.2, 0.25) is 0 Å². The molecular weight excluding hydrogens is 520 g/mol. The zero-order chi connectivity index (χ0) is 27.8. The third kappa shape index (κ3) is 5.21. The summed E-state index contributed by atoms with van der Waals surface area (Å²) in [7, 11) is 2.49. The Hall–Kier alpha value is -4.68. The maximum Gasteiger partial charge on any atom is 0.573 e. The van der Waals surface area contributed by atoms with Crippen LogP contribution in [0.5, 0.6) is 11.5 Å². The van der Waals surface area contributed by atoms with Gasteiger partial charge in [0, 0.05) is 24.7 Å². The SMILES string of the molecule is COc1cc(F)c(-c2c(NC(=O)c3ccc(OC(F)(F)F)cc3)c(=O)n(-c3ccc(F)cc3)n2C)c(F)c1. The van der Waals surface area contributed by atoms with Crippen LogP contribution in [0.25, 0.3) is 16.9 Å². The Morgan fingerprint density at radius 3 is 2.00 bits per heavy atom. The number of benzene rings is 3. The van der Waals surface area contributed by atoms with Gasteiger partial charge in [-0.1, -0.05) is 0 Å². The summed E-state index contributed by atoms with van der Waals surface area (Å²) < 4.78 is 91.5. The van der Waals surface area contributed by atoms with Gasteiger partial charge in [-0.15, -0.1) is 13.2 Å². The first kappa shape index (κ1) is 26.4. The molecule has 13 heteroatoms. The van der Waals surface area contributed by atoms with Gasteiger partial charge < -0.3 is 14.8 Å². The van der Waals surface area contributed by atoms with Crippen LogP contribution in [0.1, 0.15) is 10.4 Å². The average Bonchev–Trinajstić information content (AvgIpc) is 3.08. The lowest BCUT2D eigenvalue weighted by molar-refractivity contribution is -0.274. The molecule has 38 heavy (non-hydrogen) atoms. The lowest BCUT2D eigenvalue weighted by atomic mass is 10.1. The van der Waals surface area contributed by atoms with Crippen LogP contribution in [0.3, 0.4) is 0 Å². The molecule has 7 nitrogen and oxygen atoms in total. The number of hydrogen-bond acceptors (Lipinski definition) is 4. The van der Waals surface area contributed by atoms with Crippen molar-refractivity contribution in [3.05, 3.63) is 94.0 Å². The molecule has 0 aliphatic heterocycles. The fourth-order valence-corrected chi connectivity index (χ4v) is 3.77. The van der Waals surface area contributed by atoms with Crippen molar-refractivity contribution in [1.29, 1.82) is 0 Å². The number of nitrogens with zero attached hydrogens (tertiary/aromatic N) is 2. The van der Waals surface area contributed by atoms with Crippen LogP contribution in [0.15, 0.2) is 65.5 Å². The molecule has 0 unspecified atom stereocenters. The molecule has 198 valence electrons. The standard InChI is InChI=1S/C25H17F6N3O4/c1-33-22(20-18(27)11-17(37-2)12-19(20)28)21(24(36)34(33)15-7-5-14(26)6-8-15)32-23(35)13-3-9-16(10-4-13)38-25(29,30)31/h3-12H,1-2H3,(H,32,35). The molecule has 4 rings (SSSR count). The van der Waals surface area contributed by atoms with Crippen LogP contribution in [-0.2, 0) is 7.05 Å². The maximum atomic E-state index is 15.1. The second kappa shape index (κ2) is 10.00. The molecule has 3 aromatic carbocycles. The number of halogens is 6. The molecule has 0 saturated heterocycles. The number of alkyl halides is 3. The molecule has 0 aliphatic rings. The maximum absolute atomic E-state index is 15.1. The van der Waals surface area contributed by atoms with E-state index in [1.54, 1.807) is 0 Å². The average molecular weight is 537 g/mol. The highest BCUT2D eigenvalue weighted by atomic mass is 19.4. The molecule has 0 radical (unpaired) electrons. The van der Waals surface area contributed by atoms with Gasteiger partial charge in [-0.25, -0.2) is 17.9 Å². The summed E-state index contributed by atoms with van der Waals surface area (Å²) in [6, 6.07) is 10.1. The number of aromatic nitrogens is 2. The molecular formula is C25H17F6N3O4. The van der Waals surface area contributed by atoms with Gasteiger partial charge in [0.05, 0.1) is 18.4 Å². The molecule has 4 aromatic rings. The predicted octanol–water partition coefficient (Wildman–Crippen LogP) is 5.42. The fraction of sp³-hybridized carbons (Fsp3) is 0.120. The zero-order valence-corrected chi connectivity index (χ0v) is 19.6. The number of hydrogen-bond donors (Lipinski definition) is 1. The van der Waals surface area contributed by atoms with Crippen LogP contribution in [0.4, 0.5) is 32.0 Å². The first-order valence-electron chi connectivity index (χ1n) is 10.7. The van der Waals surface area contributed by atoms with E-state index in [2.05, 4.69) is 10.1 Å². The topological polar surface area (TPSA) is 74.5 Å². The minimum atomic E-state index is -4.94. The van der Waals surface area contributed by atoms with E-state index >= 15 is 8.78 Å². The summed E-state index contributed by atoms with van der Waals surface area (Å²) in [5.74, 6) is -4.52. The molecule has 1 heterocycles. The van der Waals surface area contributed by atoms with Gasteiger partial charge in [-0.05, 0) is 48.5 Å². The quantitative estimate of drug-likeness (QED) is 0.334. The summed E-state index contributed by atoms with van der Waals surface area (Å²) in [6.45, 7) is 0. The molecule has 1 N–H and O–H groups in total. The number of carbonyl (C=O) groups excluding carboxylic acids is 1. The number of amides is 1. The third-order valence-corrected chi connectivity index (χ3v) is 5.41. The second-order valence-electron chi connectivity index (χ2n) is 7.83. The van der Waals surface area contributed by atoms with E-state index in [1.807, 2.05) is 0 Å². The van der Waals surface area contributed by atoms with Crippen LogP contribution >= 0.6 is 0 Å². The smallest absolute Gasteiger partial charge is 0.497 e. The van der Waals surface area contributed by atoms with E-state index in [4.69, 9.17) is 4.74 Å². The Morgan fingerprint density at radius 2 is 1.47 bits per heavy atom. The summed E-state index contributed by atoms with van der Waals surface area (Å²) in [5.41, 5.74) is -2.58. The van der Waals surface area contributed by atoms with Crippen molar-refractivity contribution < 1.29 is 40.6 Å². The molecule has 1 aromatic heterocycles. The lowest BCUT2D eigenvalue weighted by Gasteiger charge is -2.13. The van der Waals surface area contributed by atoms with Crippen molar-refractivity contribution in [2.45, 2.75) is 6.36 Å². The molecule has 0 aliphatic carbocycles. The Bertz CT molecular complexity index is 1540. The third-order valence-electron chi connectivity index (χ3n) is 5.41. The molecule has 0 spiro atoms. The van der Waals surface area contributed by atoms with Crippen LogP contribution in [0, 0.1) is 17.5 Å². The number of nitrogens with one attached hydrogen (secondary N) is 1. The van der Waals surface area contributed by atoms with Gasteiger partial charge >= 0.3 is 6.36 Å². The first-order valence-corrected chi connectivity index (χ1v) is 10.7. The van der Waals surface area contributed by atoms with Crippen molar-refractivity contribution >= 4 is 11.6 Å². The molecule has 0 saturated carbocycles. The van der Waals surface area contributed by atoms with E-state index < -0.39 is 52.3 Å². The lowest BCUT2D eigenvalue weighted by Crippen LogP contribution is -2.23.